The molecule has 21 heavy (non-hydrogen) atoms. The summed E-state index contributed by atoms with van der Waals surface area (Å²) in [5.41, 5.74) is 9.09. The molecule has 3 N–H and O–H groups in total. The number of anilines is 2. The number of benzene rings is 1. The first-order valence-electron chi connectivity index (χ1n) is 5.97. The molecule has 1 heterocycles. The zero-order valence-electron chi connectivity index (χ0n) is 11.2. The normalized spacial score (nSPS) is 10.5. The summed E-state index contributed by atoms with van der Waals surface area (Å²) >= 11 is 5.99. The topological polar surface area (TPSA) is 83.6 Å². The van der Waals surface area contributed by atoms with Crippen molar-refractivity contribution in [1.82, 2.24) is 10.4 Å². The van der Waals surface area contributed by atoms with E-state index in [0.717, 1.165) is 5.69 Å². The molecule has 1 aromatic heterocycles. The van der Waals surface area contributed by atoms with Crippen molar-refractivity contribution < 1.29 is 4.79 Å². The minimum absolute atomic E-state index is 0.0800. The molecular weight excluding hydrogens is 306 g/mol. The van der Waals surface area contributed by atoms with E-state index in [2.05, 4.69) is 27.7 Å². The van der Waals surface area contributed by atoms with E-state index >= 15 is 0 Å². The highest BCUT2D eigenvalue weighted by Crippen LogP contribution is 2.28. The van der Waals surface area contributed by atoms with Crippen molar-refractivity contribution in [3.8, 4) is 0 Å². The second-order valence-electron chi connectivity index (χ2n) is 3.98. The number of thiocarbonyl (C=S) groups is 1. The van der Waals surface area contributed by atoms with Gasteiger partial charge in [0.25, 0.3) is 0 Å². The first-order chi connectivity index (χ1) is 10.1. The van der Waals surface area contributed by atoms with Crippen molar-refractivity contribution in [1.29, 1.82) is 0 Å². The lowest BCUT2D eigenvalue weighted by Crippen LogP contribution is -2.24. The number of carbonyl (C=O) groups is 1. The van der Waals surface area contributed by atoms with Gasteiger partial charge in [0, 0.05) is 12.3 Å². The zero-order valence-corrected chi connectivity index (χ0v) is 12.8. The van der Waals surface area contributed by atoms with Gasteiger partial charge in [0.2, 0.25) is 5.91 Å². The number of hydrazone groups is 1. The minimum atomic E-state index is -0.111. The molecule has 8 heteroatoms. The molecule has 0 aliphatic heterocycles. The summed E-state index contributed by atoms with van der Waals surface area (Å²) in [5.74, 6) is -0.111. The minimum Gasteiger partial charge on any atom is -0.375 e. The molecule has 0 saturated carbocycles. The second-order valence-corrected chi connectivity index (χ2v) is 5.26. The molecule has 0 fully saturated rings. The Morgan fingerprint density at radius 1 is 1.48 bits per heavy atom. The number of thiazole rings is 1. The molecular formula is C13H13N5OS2. The number of nitrogens with one attached hydrogen (secondary N) is 1. The number of para-hydroxylation sites is 1. The molecule has 0 atom stereocenters. The molecule has 2 aromatic rings. The predicted molar refractivity (Wildman–Crippen MR) is 88.9 cm³/mol. The van der Waals surface area contributed by atoms with Gasteiger partial charge in [0.15, 0.2) is 10.2 Å². The van der Waals surface area contributed by atoms with E-state index in [9.17, 15) is 4.79 Å². The van der Waals surface area contributed by atoms with Crippen LogP contribution in [0.25, 0.3) is 0 Å². The maximum atomic E-state index is 11.9. The fraction of sp³-hybridized carbons (Fsp3) is 0.0769. The Morgan fingerprint density at radius 2 is 2.19 bits per heavy atom. The average molecular weight is 319 g/mol. The summed E-state index contributed by atoms with van der Waals surface area (Å²) in [5, 5.41) is 6.28. The quantitative estimate of drug-likeness (QED) is 0.511. The summed E-state index contributed by atoms with van der Waals surface area (Å²) in [7, 11) is 0. The van der Waals surface area contributed by atoms with Gasteiger partial charge >= 0.3 is 0 Å². The zero-order chi connectivity index (χ0) is 15.2. The maximum absolute atomic E-state index is 11.9. The lowest BCUT2D eigenvalue weighted by molar-refractivity contribution is -0.115. The summed E-state index contributed by atoms with van der Waals surface area (Å²) in [6.45, 7) is 1.50. The van der Waals surface area contributed by atoms with Crippen LogP contribution in [0.4, 0.5) is 10.8 Å². The Kier molecular flexibility index (Phi) is 4.96. The fourth-order valence-electron chi connectivity index (χ4n) is 1.60. The van der Waals surface area contributed by atoms with E-state index in [1.54, 1.807) is 10.3 Å². The highest BCUT2D eigenvalue weighted by atomic mass is 32.1. The fourth-order valence-corrected chi connectivity index (χ4v) is 2.49. The number of hydrogen-bond donors (Lipinski definition) is 2. The lowest BCUT2D eigenvalue weighted by atomic mass is 10.3. The van der Waals surface area contributed by atoms with Gasteiger partial charge in [-0.3, -0.25) is 15.1 Å². The summed E-state index contributed by atoms with van der Waals surface area (Å²) in [6, 6.07) is 9.33. The van der Waals surface area contributed by atoms with Crippen LogP contribution in [-0.4, -0.2) is 22.2 Å². The third kappa shape index (κ3) is 4.07. The average Bonchev–Trinajstić information content (AvgIpc) is 2.88. The van der Waals surface area contributed by atoms with Gasteiger partial charge in [0.1, 0.15) is 0 Å². The molecule has 0 spiro atoms. The summed E-state index contributed by atoms with van der Waals surface area (Å²) in [6.07, 6.45) is 1.49. The number of rotatable bonds is 4. The van der Waals surface area contributed by atoms with Crippen molar-refractivity contribution in [2.45, 2.75) is 6.92 Å². The SMILES string of the molecule is CC(=O)N(c1ccccc1)c1nc(C=NNC(N)=S)cs1. The number of amides is 1. The molecule has 0 unspecified atom stereocenters. The van der Waals surface area contributed by atoms with Crippen LogP contribution in [0.3, 0.4) is 0 Å². The number of carbonyl (C=O) groups excluding carboxylic acids is 1. The Bertz CT molecular complexity index is 668. The smallest absolute Gasteiger partial charge is 0.230 e. The predicted octanol–water partition coefficient (Wildman–Crippen LogP) is 1.99. The number of nitrogens with two attached hydrogens (primary N) is 1. The lowest BCUT2D eigenvalue weighted by Gasteiger charge is -2.17. The van der Waals surface area contributed by atoms with Gasteiger partial charge in [-0.1, -0.05) is 18.2 Å². The Morgan fingerprint density at radius 3 is 2.81 bits per heavy atom. The van der Waals surface area contributed by atoms with E-state index in [4.69, 9.17) is 5.73 Å². The van der Waals surface area contributed by atoms with Crippen molar-refractivity contribution in [2.24, 2.45) is 10.8 Å². The van der Waals surface area contributed by atoms with E-state index in [1.807, 2.05) is 30.3 Å². The summed E-state index contributed by atoms with van der Waals surface area (Å²) in [4.78, 5) is 17.8. The van der Waals surface area contributed by atoms with Crippen LogP contribution in [-0.2, 0) is 4.79 Å². The highest BCUT2D eigenvalue weighted by molar-refractivity contribution is 7.80. The third-order valence-corrected chi connectivity index (χ3v) is 3.34. The van der Waals surface area contributed by atoms with Gasteiger partial charge in [-0.05, 0) is 24.4 Å². The maximum Gasteiger partial charge on any atom is 0.230 e. The molecule has 0 radical (unpaired) electrons. The van der Waals surface area contributed by atoms with Gasteiger partial charge in [-0.25, -0.2) is 4.98 Å². The van der Waals surface area contributed by atoms with Crippen molar-refractivity contribution in [3.63, 3.8) is 0 Å². The van der Waals surface area contributed by atoms with Gasteiger partial charge in [-0.15, -0.1) is 11.3 Å². The van der Waals surface area contributed by atoms with Crippen LogP contribution in [0.15, 0.2) is 40.8 Å². The van der Waals surface area contributed by atoms with E-state index in [-0.39, 0.29) is 11.0 Å². The van der Waals surface area contributed by atoms with Crippen LogP contribution < -0.4 is 16.1 Å². The second kappa shape index (κ2) is 6.91. The van der Waals surface area contributed by atoms with Gasteiger partial charge in [0.05, 0.1) is 17.6 Å². The van der Waals surface area contributed by atoms with Crippen molar-refractivity contribution in [3.05, 3.63) is 41.4 Å². The molecule has 108 valence electrons. The van der Waals surface area contributed by atoms with Crippen LogP contribution in [0.2, 0.25) is 0 Å². The standard InChI is InChI=1S/C13H13N5OS2/c1-9(19)18(11-5-3-2-4-6-11)13-16-10(8-21-13)7-15-17-12(14)20/h2-8H,1H3,(H3,14,17,20). The van der Waals surface area contributed by atoms with Crippen LogP contribution in [0.5, 0.6) is 0 Å². The monoisotopic (exact) mass is 319 g/mol. The number of nitrogens with zero attached hydrogens (tertiary/aromatic N) is 3. The first-order valence-corrected chi connectivity index (χ1v) is 7.26. The van der Waals surface area contributed by atoms with Gasteiger partial charge in [-0.2, -0.15) is 5.10 Å². The molecule has 1 aromatic carbocycles. The third-order valence-electron chi connectivity index (χ3n) is 2.40. The molecule has 0 saturated heterocycles. The molecule has 0 aliphatic rings. The molecule has 0 bridgehead atoms. The number of aromatic nitrogens is 1. The van der Waals surface area contributed by atoms with Crippen molar-refractivity contribution in [2.75, 3.05) is 4.90 Å². The largest absolute Gasteiger partial charge is 0.375 e. The molecule has 0 aliphatic carbocycles. The first kappa shape index (κ1) is 15.1. The highest BCUT2D eigenvalue weighted by Gasteiger charge is 2.17. The van der Waals surface area contributed by atoms with E-state index in [0.29, 0.717) is 10.8 Å². The molecule has 2 rings (SSSR count). The van der Waals surface area contributed by atoms with Crippen LogP contribution in [0.1, 0.15) is 12.6 Å². The number of hydrogen-bond acceptors (Lipinski definition) is 5. The Labute approximate surface area is 131 Å². The Balaban J connectivity index is 2.23. The summed E-state index contributed by atoms with van der Waals surface area (Å²) < 4.78 is 0. The Hall–Kier alpha value is -2.32. The van der Waals surface area contributed by atoms with Crippen molar-refractivity contribution >= 4 is 51.6 Å². The molecule has 6 nitrogen and oxygen atoms in total. The van der Waals surface area contributed by atoms with E-state index < -0.39 is 0 Å². The van der Waals surface area contributed by atoms with Crippen LogP contribution in [0, 0.1) is 0 Å². The van der Waals surface area contributed by atoms with Crippen LogP contribution >= 0.6 is 23.6 Å². The van der Waals surface area contributed by atoms with E-state index in [1.165, 1.54) is 24.5 Å². The molecule has 1 amide bonds. The van der Waals surface area contributed by atoms with Gasteiger partial charge < -0.3 is 5.73 Å².